The van der Waals surface area contributed by atoms with Crippen molar-refractivity contribution in [2.45, 2.75) is 19.9 Å². The topological polar surface area (TPSA) is 105 Å². The van der Waals surface area contributed by atoms with Crippen LogP contribution in [-0.4, -0.2) is 59.2 Å². The minimum absolute atomic E-state index is 0.0192. The van der Waals surface area contributed by atoms with Crippen molar-refractivity contribution in [3.63, 3.8) is 0 Å². The summed E-state index contributed by atoms with van der Waals surface area (Å²) >= 11 is 0. The molecule has 0 aliphatic carbocycles. The first-order valence-electron chi connectivity index (χ1n) is 8.09. The van der Waals surface area contributed by atoms with Crippen LogP contribution >= 0.6 is 0 Å². The Bertz CT molecular complexity index is 577. The van der Waals surface area contributed by atoms with E-state index in [1.807, 2.05) is 35.8 Å². The number of benzene rings is 1. The molecule has 0 atom stereocenters. The van der Waals surface area contributed by atoms with Crippen molar-refractivity contribution in [1.82, 2.24) is 20.6 Å². The van der Waals surface area contributed by atoms with Crippen molar-refractivity contribution in [1.29, 1.82) is 0 Å². The number of carbonyl (C=O) groups excluding carboxylic acids is 2. The molecule has 1 rings (SSSR count). The molecule has 1 aromatic rings. The molecule has 1 aromatic carbocycles. The van der Waals surface area contributed by atoms with E-state index < -0.39 is 5.91 Å². The predicted molar refractivity (Wildman–Crippen MR) is 93.0 cm³/mol. The maximum atomic E-state index is 12.7. The summed E-state index contributed by atoms with van der Waals surface area (Å²) in [5.74, 6) is -0.421. The monoisotopic (exact) mass is 350 g/mol. The van der Waals surface area contributed by atoms with Gasteiger partial charge in [-0.05, 0) is 18.9 Å². The first kappa shape index (κ1) is 20.5. The molecule has 0 radical (unpaired) electrons. The Kier molecular flexibility index (Phi) is 9.05. The standard InChI is InChI=1S/C17H26N4O4/c1-3-21(13-23)16(19-25)15(17(24)20(2)10-7-11-22)18-12-14-8-5-4-6-9-14/h4-6,8-9,13,18-19,22,25H,3,7,10-12H2,1-2H3/b16-15+. The van der Waals surface area contributed by atoms with Gasteiger partial charge in [0.2, 0.25) is 6.41 Å². The average molecular weight is 350 g/mol. The third-order valence-electron chi connectivity index (χ3n) is 3.62. The summed E-state index contributed by atoms with van der Waals surface area (Å²) in [7, 11) is 1.59. The summed E-state index contributed by atoms with van der Waals surface area (Å²) in [6.07, 6.45) is 0.963. The van der Waals surface area contributed by atoms with Gasteiger partial charge in [0.15, 0.2) is 5.82 Å². The lowest BCUT2D eigenvalue weighted by atomic mass is 10.2. The molecule has 0 heterocycles. The molecule has 0 unspecified atom stereocenters. The number of hydrogen-bond acceptors (Lipinski definition) is 6. The number of likely N-dealkylation sites (N-methyl/N-ethyl adjacent to an activating group) is 1. The van der Waals surface area contributed by atoms with Crippen LogP contribution in [0.4, 0.5) is 0 Å². The van der Waals surface area contributed by atoms with Crippen molar-refractivity contribution in [2.75, 3.05) is 26.7 Å². The number of carbonyl (C=O) groups is 2. The second-order valence-corrected chi connectivity index (χ2v) is 5.37. The Balaban J connectivity index is 3.10. The largest absolute Gasteiger partial charge is 0.396 e. The van der Waals surface area contributed by atoms with Gasteiger partial charge in [-0.1, -0.05) is 30.3 Å². The summed E-state index contributed by atoms with van der Waals surface area (Å²) in [5, 5.41) is 21.4. The Morgan fingerprint density at radius 2 is 1.96 bits per heavy atom. The first-order valence-corrected chi connectivity index (χ1v) is 8.09. The summed E-state index contributed by atoms with van der Waals surface area (Å²) in [4.78, 5) is 26.6. The van der Waals surface area contributed by atoms with Gasteiger partial charge in [-0.3, -0.25) is 25.2 Å². The minimum Gasteiger partial charge on any atom is -0.396 e. The van der Waals surface area contributed by atoms with Gasteiger partial charge in [-0.15, -0.1) is 0 Å². The summed E-state index contributed by atoms with van der Waals surface area (Å²) in [6.45, 7) is 2.65. The van der Waals surface area contributed by atoms with E-state index in [1.54, 1.807) is 14.0 Å². The molecule has 25 heavy (non-hydrogen) atoms. The van der Waals surface area contributed by atoms with Gasteiger partial charge in [-0.2, -0.15) is 0 Å². The van der Waals surface area contributed by atoms with Gasteiger partial charge in [-0.25, -0.2) is 0 Å². The molecule has 2 amide bonds. The molecular weight excluding hydrogens is 324 g/mol. The van der Waals surface area contributed by atoms with Crippen LogP contribution in [0.25, 0.3) is 0 Å². The van der Waals surface area contributed by atoms with Crippen LogP contribution in [0.15, 0.2) is 41.8 Å². The van der Waals surface area contributed by atoms with Crippen molar-refractivity contribution in [2.24, 2.45) is 0 Å². The van der Waals surface area contributed by atoms with E-state index >= 15 is 0 Å². The number of aliphatic hydroxyl groups is 1. The SMILES string of the molecule is CCN(C=O)/C(NO)=C(/NCc1ccccc1)C(=O)N(C)CCCO. The zero-order valence-electron chi connectivity index (χ0n) is 14.6. The fourth-order valence-corrected chi connectivity index (χ4v) is 2.20. The maximum absolute atomic E-state index is 12.7. The Hall–Kier alpha value is -2.58. The average Bonchev–Trinajstić information content (AvgIpc) is 2.65. The van der Waals surface area contributed by atoms with E-state index in [4.69, 9.17) is 5.11 Å². The van der Waals surface area contributed by atoms with Gasteiger partial charge >= 0.3 is 0 Å². The lowest BCUT2D eigenvalue weighted by molar-refractivity contribution is -0.126. The van der Waals surface area contributed by atoms with Crippen molar-refractivity contribution < 1.29 is 19.9 Å². The Labute approximate surface area is 147 Å². The summed E-state index contributed by atoms with van der Waals surface area (Å²) in [6, 6.07) is 9.44. The second kappa shape index (κ2) is 11.1. The predicted octanol–water partition coefficient (Wildman–Crippen LogP) is 0.243. The highest BCUT2D eigenvalue weighted by Gasteiger charge is 2.22. The molecule has 138 valence electrons. The fourth-order valence-electron chi connectivity index (χ4n) is 2.20. The van der Waals surface area contributed by atoms with Gasteiger partial charge in [0.25, 0.3) is 5.91 Å². The highest BCUT2D eigenvalue weighted by Crippen LogP contribution is 2.09. The normalized spacial score (nSPS) is 11.4. The van der Waals surface area contributed by atoms with Crippen LogP contribution in [0.3, 0.4) is 0 Å². The van der Waals surface area contributed by atoms with Crippen molar-refractivity contribution in [3.8, 4) is 0 Å². The third kappa shape index (κ3) is 6.09. The molecule has 4 N–H and O–H groups in total. The van der Waals surface area contributed by atoms with E-state index in [9.17, 15) is 14.8 Å². The molecule has 0 saturated carbocycles. The van der Waals surface area contributed by atoms with Crippen LogP contribution in [0.2, 0.25) is 0 Å². The summed E-state index contributed by atoms with van der Waals surface area (Å²) in [5.41, 5.74) is 2.96. The van der Waals surface area contributed by atoms with E-state index in [0.29, 0.717) is 25.9 Å². The number of nitrogens with zero attached hydrogens (tertiary/aromatic N) is 2. The zero-order valence-corrected chi connectivity index (χ0v) is 14.6. The van der Waals surface area contributed by atoms with Gasteiger partial charge in [0.1, 0.15) is 5.70 Å². The van der Waals surface area contributed by atoms with E-state index in [2.05, 4.69) is 5.32 Å². The van der Waals surface area contributed by atoms with Crippen LogP contribution in [0, 0.1) is 0 Å². The smallest absolute Gasteiger partial charge is 0.273 e. The lowest BCUT2D eigenvalue weighted by Crippen LogP contribution is -2.41. The molecule has 0 saturated heterocycles. The highest BCUT2D eigenvalue weighted by atomic mass is 16.5. The molecular formula is C17H26N4O4. The highest BCUT2D eigenvalue weighted by molar-refractivity contribution is 5.93. The number of nitrogens with one attached hydrogen (secondary N) is 2. The minimum atomic E-state index is -0.402. The van der Waals surface area contributed by atoms with Gasteiger partial charge in [0.05, 0.1) is 0 Å². The maximum Gasteiger partial charge on any atom is 0.273 e. The molecule has 0 bridgehead atoms. The van der Waals surface area contributed by atoms with Crippen molar-refractivity contribution >= 4 is 12.3 Å². The summed E-state index contributed by atoms with van der Waals surface area (Å²) < 4.78 is 0. The first-order chi connectivity index (χ1) is 12.1. The van der Waals surface area contributed by atoms with Crippen LogP contribution in [0.1, 0.15) is 18.9 Å². The molecule has 0 aliphatic rings. The fraction of sp³-hybridized carbons (Fsp3) is 0.412. The van der Waals surface area contributed by atoms with E-state index in [0.717, 1.165) is 5.56 Å². The van der Waals surface area contributed by atoms with Crippen LogP contribution in [-0.2, 0) is 16.1 Å². The number of hydroxylamine groups is 1. The molecule has 0 fully saturated rings. The number of hydrogen-bond donors (Lipinski definition) is 4. The molecule has 0 aromatic heterocycles. The lowest BCUT2D eigenvalue weighted by Gasteiger charge is -2.25. The van der Waals surface area contributed by atoms with Gasteiger partial charge in [0, 0.05) is 33.3 Å². The van der Waals surface area contributed by atoms with Crippen LogP contribution in [0.5, 0.6) is 0 Å². The molecule has 8 nitrogen and oxygen atoms in total. The quantitative estimate of drug-likeness (QED) is 0.259. The number of aliphatic hydroxyl groups excluding tert-OH is 1. The van der Waals surface area contributed by atoms with E-state index in [1.165, 1.54) is 9.80 Å². The Morgan fingerprint density at radius 3 is 2.48 bits per heavy atom. The van der Waals surface area contributed by atoms with Crippen molar-refractivity contribution in [3.05, 3.63) is 47.4 Å². The van der Waals surface area contributed by atoms with Crippen LogP contribution < -0.4 is 10.8 Å². The molecule has 8 heteroatoms. The second-order valence-electron chi connectivity index (χ2n) is 5.37. The molecule has 0 spiro atoms. The van der Waals surface area contributed by atoms with Gasteiger partial charge < -0.3 is 15.3 Å². The molecule has 0 aliphatic heterocycles. The number of amides is 2. The number of rotatable bonds is 11. The zero-order chi connectivity index (χ0) is 18.7. The van der Waals surface area contributed by atoms with E-state index in [-0.39, 0.29) is 24.7 Å². The Morgan fingerprint density at radius 1 is 1.28 bits per heavy atom. The third-order valence-corrected chi connectivity index (χ3v) is 3.62.